The second kappa shape index (κ2) is 2.61. The highest BCUT2D eigenvalue weighted by Crippen LogP contribution is 1.92. The van der Waals surface area contributed by atoms with E-state index in [0.29, 0.717) is 0 Å². The highest BCUT2D eigenvalue weighted by atomic mass is 35.5. The molecular weight excluding hydrogens is 133 g/mol. The van der Waals surface area contributed by atoms with Gasteiger partial charge in [0.05, 0.1) is 0 Å². The van der Waals surface area contributed by atoms with Crippen LogP contribution in [0.4, 0.5) is 0 Å². The number of carbonyl (C=O) groups is 1. The van der Waals surface area contributed by atoms with Crippen molar-refractivity contribution < 1.29 is 9.72 Å². The second-order valence-electron chi connectivity index (χ2n) is 1.27. The van der Waals surface area contributed by atoms with E-state index in [0.717, 1.165) is 6.92 Å². The Morgan fingerprint density at radius 1 is 1.88 bits per heavy atom. The van der Waals surface area contributed by atoms with Crippen molar-refractivity contribution >= 4 is 16.8 Å². The third-order valence-corrected chi connectivity index (χ3v) is 0.960. The van der Waals surface area contributed by atoms with Crippen LogP contribution in [0, 0.1) is 10.1 Å². The van der Waals surface area contributed by atoms with E-state index in [1.165, 1.54) is 0 Å². The molecule has 46 valence electrons. The third-order valence-electron chi connectivity index (χ3n) is 0.645. The van der Waals surface area contributed by atoms with Crippen LogP contribution in [0.25, 0.3) is 0 Å². The summed E-state index contributed by atoms with van der Waals surface area (Å²) in [6.45, 7) is 1.13. The van der Waals surface area contributed by atoms with Crippen LogP contribution in [-0.2, 0) is 4.79 Å². The summed E-state index contributed by atoms with van der Waals surface area (Å²) in [4.78, 5) is 18.8. The SMILES string of the molecule is CC(C(=O)Cl)[N+](=O)[O-]. The first-order valence-corrected chi connectivity index (χ1v) is 2.26. The first-order chi connectivity index (χ1) is 3.55. The van der Waals surface area contributed by atoms with Gasteiger partial charge < -0.3 is 0 Å². The van der Waals surface area contributed by atoms with Gasteiger partial charge in [-0.1, -0.05) is 0 Å². The molecule has 0 aliphatic heterocycles. The van der Waals surface area contributed by atoms with Crippen LogP contribution in [0.3, 0.4) is 0 Å². The van der Waals surface area contributed by atoms with E-state index < -0.39 is 16.2 Å². The first-order valence-electron chi connectivity index (χ1n) is 1.88. The predicted molar refractivity (Wildman–Crippen MR) is 27.3 cm³/mol. The number of hydrogen-bond donors (Lipinski definition) is 0. The van der Waals surface area contributed by atoms with Gasteiger partial charge >= 0.3 is 0 Å². The van der Waals surface area contributed by atoms with Crippen LogP contribution in [-0.4, -0.2) is 16.2 Å². The minimum atomic E-state index is -1.28. The standard InChI is InChI=1S/C3H4ClNO3/c1-2(3(4)6)5(7)8/h2H,1H3. The van der Waals surface area contributed by atoms with Crippen LogP contribution in [0.5, 0.6) is 0 Å². The average Bonchev–Trinajstić information content (AvgIpc) is 1.64. The molecule has 1 atom stereocenters. The lowest BCUT2D eigenvalue weighted by atomic mass is 10.4. The summed E-state index contributed by atoms with van der Waals surface area (Å²) in [6.07, 6.45) is 0. The predicted octanol–water partition coefficient (Wildman–Crippen LogP) is 0.417. The Hall–Kier alpha value is -0.640. The minimum absolute atomic E-state index is 0.741. The molecule has 0 N–H and O–H groups in total. The summed E-state index contributed by atoms with van der Waals surface area (Å²) < 4.78 is 0. The molecule has 8 heavy (non-hydrogen) atoms. The molecule has 0 aromatic rings. The molecule has 5 heteroatoms. The monoisotopic (exact) mass is 137 g/mol. The highest BCUT2D eigenvalue weighted by molar-refractivity contribution is 6.64. The molecule has 0 fully saturated rings. The topological polar surface area (TPSA) is 60.2 Å². The van der Waals surface area contributed by atoms with Gasteiger partial charge in [0.25, 0.3) is 11.3 Å². The Balaban J connectivity index is 3.83. The molecule has 0 amide bonds. The molecule has 0 aromatic heterocycles. The smallest absolute Gasteiger partial charge is 0.273 e. The van der Waals surface area contributed by atoms with Gasteiger partial charge in [-0.3, -0.25) is 14.9 Å². The lowest BCUT2D eigenvalue weighted by Gasteiger charge is -1.92. The molecule has 0 aliphatic rings. The minimum Gasteiger partial charge on any atom is -0.273 e. The van der Waals surface area contributed by atoms with Gasteiger partial charge in [0.1, 0.15) is 0 Å². The van der Waals surface area contributed by atoms with Crippen molar-refractivity contribution in [1.82, 2.24) is 0 Å². The number of nitro groups is 1. The maximum atomic E-state index is 9.91. The van der Waals surface area contributed by atoms with Gasteiger partial charge in [-0.15, -0.1) is 0 Å². The lowest BCUT2D eigenvalue weighted by molar-refractivity contribution is -0.501. The van der Waals surface area contributed by atoms with E-state index in [4.69, 9.17) is 11.6 Å². The Morgan fingerprint density at radius 3 is 2.25 bits per heavy atom. The number of hydrogen-bond acceptors (Lipinski definition) is 3. The van der Waals surface area contributed by atoms with Crippen LogP contribution < -0.4 is 0 Å². The summed E-state index contributed by atoms with van der Waals surface area (Å²) in [5.74, 6) is 0. The largest absolute Gasteiger partial charge is 0.295 e. The zero-order valence-electron chi connectivity index (χ0n) is 4.13. The summed E-state index contributed by atoms with van der Waals surface area (Å²) >= 11 is 4.74. The van der Waals surface area contributed by atoms with Crippen molar-refractivity contribution in [2.45, 2.75) is 13.0 Å². The van der Waals surface area contributed by atoms with E-state index >= 15 is 0 Å². The summed E-state index contributed by atoms with van der Waals surface area (Å²) in [6, 6.07) is -1.28. The zero-order chi connectivity index (χ0) is 6.73. The number of rotatable bonds is 2. The second-order valence-corrected chi connectivity index (χ2v) is 1.64. The van der Waals surface area contributed by atoms with E-state index in [9.17, 15) is 14.9 Å². The Labute approximate surface area is 50.6 Å². The molecule has 4 nitrogen and oxygen atoms in total. The van der Waals surface area contributed by atoms with Gasteiger partial charge in [-0.05, 0) is 11.6 Å². The Morgan fingerprint density at radius 2 is 2.25 bits per heavy atom. The quantitative estimate of drug-likeness (QED) is 0.315. The van der Waals surface area contributed by atoms with E-state index in [2.05, 4.69) is 0 Å². The van der Waals surface area contributed by atoms with Gasteiger partial charge in [-0.25, -0.2) is 0 Å². The Kier molecular flexibility index (Phi) is 2.41. The third kappa shape index (κ3) is 1.88. The molecule has 0 saturated heterocycles. The average molecular weight is 138 g/mol. The summed E-state index contributed by atoms with van der Waals surface area (Å²) in [5, 5.41) is 8.71. The fourth-order valence-electron chi connectivity index (χ4n) is 0.0829. The molecule has 0 saturated carbocycles. The molecule has 0 spiro atoms. The normalized spacial score (nSPS) is 12.8. The molecule has 0 heterocycles. The maximum Gasteiger partial charge on any atom is 0.295 e. The highest BCUT2D eigenvalue weighted by Gasteiger charge is 2.19. The summed E-state index contributed by atoms with van der Waals surface area (Å²) in [5.41, 5.74) is 0. The van der Waals surface area contributed by atoms with E-state index in [-0.39, 0.29) is 0 Å². The molecule has 0 bridgehead atoms. The zero-order valence-corrected chi connectivity index (χ0v) is 4.88. The number of nitrogens with zero attached hydrogens (tertiary/aromatic N) is 1. The van der Waals surface area contributed by atoms with E-state index in [1.54, 1.807) is 0 Å². The molecular formula is C3H4ClNO3. The van der Waals surface area contributed by atoms with Gasteiger partial charge in [0.2, 0.25) is 0 Å². The number of carbonyl (C=O) groups excluding carboxylic acids is 1. The fraction of sp³-hybridized carbons (Fsp3) is 0.667. The molecule has 0 radical (unpaired) electrons. The van der Waals surface area contributed by atoms with Crippen molar-refractivity contribution in [2.75, 3.05) is 0 Å². The molecule has 0 aliphatic carbocycles. The van der Waals surface area contributed by atoms with Crippen LogP contribution in [0.1, 0.15) is 6.92 Å². The van der Waals surface area contributed by atoms with Crippen molar-refractivity contribution in [3.63, 3.8) is 0 Å². The van der Waals surface area contributed by atoms with Crippen LogP contribution in [0.15, 0.2) is 0 Å². The van der Waals surface area contributed by atoms with Gasteiger partial charge in [0.15, 0.2) is 0 Å². The fourth-order valence-corrected chi connectivity index (χ4v) is 0.163. The molecule has 0 rings (SSSR count). The first kappa shape index (κ1) is 7.36. The maximum absolute atomic E-state index is 9.91. The van der Waals surface area contributed by atoms with Crippen molar-refractivity contribution in [2.24, 2.45) is 0 Å². The van der Waals surface area contributed by atoms with Gasteiger partial charge in [0, 0.05) is 11.8 Å². The van der Waals surface area contributed by atoms with Crippen LogP contribution >= 0.6 is 11.6 Å². The molecule has 0 aromatic carbocycles. The lowest BCUT2D eigenvalue weighted by Crippen LogP contribution is -2.21. The van der Waals surface area contributed by atoms with Crippen LogP contribution in [0.2, 0.25) is 0 Å². The van der Waals surface area contributed by atoms with Gasteiger partial charge in [-0.2, -0.15) is 0 Å². The van der Waals surface area contributed by atoms with Crippen molar-refractivity contribution in [3.05, 3.63) is 10.1 Å². The van der Waals surface area contributed by atoms with E-state index in [1.807, 2.05) is 0 Å². The number of halogens is 1. The Bertz CT molecular complexity index is 110. The molecule has 1 unspecified atom stereocenters. The summed E-state index contributed by atoms with van der Waals surface area (Å²) in [7, 11) is 0. The van der Waals surface area contributed by atoms with Crippen molar-refractivity contribution in [3.8, 4) is 0 Å². The van der Waals surface area contributed by atoms with Crippen molar-refractivity contribution in [1.29, 1.82) is 0 Å².